The molecule has 1 atom stereocenters. The molecule has 0 aliphatic rings. The Balaban J connectivity index is 1.74. The van der Waals surface area contributed by atoms with E-state index in [9.17, 15) is 14.7 Å². The molecule has 2 aromatic carbocycles. The molecule has 1 aromatic heterocycles. The Morgan fingerprint density at radius 2 is 1.80 bits per heavy atom. The fraction of sp³-hybridized carbons (Fsp3) is 0.273. The number of carboxylic acids is 1. The van der Waals surface area contributed by atoms with Crippen LogP contribution >= 0.6 is 11.6 Å². The Morgan fingerprint density at radius 1 is 1.10 bits per heavy atom. The minimum atomic E-state index is -1.05. The van der Waals surface area contributed by atoms with Gasteiger partial charge >= 0.3 is 5.97 Å². The SMILES string of the molecule is Cc1nc2ccc(Cl)cc2nc1Oc1ccc(C(=O)N[C@@H](CC(C)C)C(=O)O)cc1. The van der Waals surface area contributed by atoms with Crippen molar-refractivity contribution in [3.05, 3.63) is 58.7 Å². The van der Waals surface area contributed by atoms with E-state index in [1.54, 1.807) is 49.4 Å². The number of rotatable bonds is 7. The number of aliphatic carboxylic acids is 1. The zero-order valence-corrected chi connectivity index (χ0v) is 17.6. The molecular formula is C22H22ClN3O4. The summed E-state index contributed by atoms with van der Waals surface area (Å²) in [6.07, 6.45) is 0.353. The smallest absolute Gasteiger partial charge is 0.326 e. The standard InChI is InChI=1S/C22H22ClN3O4/c1-12(2)10-19(22(28)29)25-20(27)14-4-7-16(8-5-14)30-21-13(3)24-17-9-6-15(23)11-18(17)26-21/h4-9,11-12,19H,10H2,1-3H3,(H,25,27)(H,28,29)/t19-/m0/s1. The lowest BCUT2D eigenvalue weighted by Gasteiger charge is -2.16. The summed E-state index contributed by atoms with van der Waals surface area (Å²) in [5, 5.41) is 12.4. The first-order valence-corrected chi connectivity index (χ1v) is 9.86. The van der Waals surface area contributed by atoms with Gasteiger partial charge in [-0.3, -0.25) is 4.79 Å². The summed E-state index contributed by atoms with van der Waals surface area (Å²) in [6.45, 7) is 5.60. The molecule has 0 aliphatic heterocycles. The maximum atomic E-state index is 12.4. The van der Waals surface area contributed by atoms with Gasteiger partial charge < -0.3 is 15.2 Å². The largest absolute Gasteiger partial charge is 0.480 e. The third-order valence-electron chi connectivity index (χ3n) is 4.40. The van der Waals surface area contributed by atoms with E-state index in [0.29, 0.717) is 45.4 Å². The van der Waals surface area contributed by atoms with Gasteiger partial charge in [0.2, 0.25) is 5.88 Å². The van der Waals surface area contributed by atoms with Crippen molar-refractivity contribution in [2.24, 2.45) is 5.92 Å². The van der Waals surface area contributed by atoms with Crippen molar-refractivity contribution in [3.8, 4) is 11.6 Å². The minimum Gasteiger partial charge on any atom is -0.480 e. The van der Waals surface area contributed by atoms with Gasteiger partial charge in [0.1, 0.15) is 17.5 Å². The van der Waals surface area contributed by atoms with E-state index in [1.165, 1.54) is 0 Å². The quantitative estimate of drug-likeness (QED) is 0.570. The summed E-state index contributed by atoms with van der Waals surface area (Å²) in [7, 11) is 0. The molecule has 156 valence electrons. The van der Waals surface area contributed by atoms with Crippen molar-refractivity contribution in [1.82, 2.24) is 15.3 Å². The highest BCUT2D eigenvalue weighted by molar-refractivity contribution is 6.31. The number of fused-ring (bicyclic) bond motifs is 1. The van der Waals surface area contributed by atoms with Crippen molar-refractivity contribution in [2.45, 2.75) is 33.2 Å². The second-order valence-electron chi connectivity index (χ2n) is 7.37. The Bertz CT molecular complexity index is 1080. The number of hydrogen-bond donors (Lipinski definition) is 2. The average molecular weight is 428 g/mol. The zero-order valence-electron chi connectivity index (χ0n) is 16.8. The number of aromatic nitrogens is 2. The molecule has 0 aliphatic carbocycles. The van der Waals surface area contributed by atoms with Crippen LogP contribution in [0.5, 0.6) is 11.6 Å². The molecule has 0 radical (unpaired) electrons. The number of nitrogens with one attached hydrogen (secondary N) is 1. The summed E-state index contributed by atoms with van der Waals surface area (Å²) in [6, 6.07) is 10.7. The van der Waals surface area contributed by atoms with Crippen LogP contribution in [-0.4, -0.2) is 33.0 Å². The Kier molecular flexibility index (Phi) is 6.52. The first kappa shape index (κ1) is 21.5. The number of hydrogen-bond acceptors (Lipinski definition) is 5. The van der Waals surface area contributed by atoms with Gasteiger partial charge in [0, 0.05) is 10.6 Å². The highest BCUT2D eigenvalue weighted by Crippen LogP contribution is 2.26. The molecule has 1 heterocycles. The van der Waals surface area contributed by atoms with Crippen molar-refractivity contribution >= 4 is 34.5 Å². The fourth-order valence-corrected chi connectivity index (χ4v) is 3.08. The van der Waals surface area contributed by atoms with E-state index in [0.717, 1.165) is 0 Å². The van der Waals surface area contributed by atoms with E-state index in [2.05, 4.69) is 15.3 Å². The van der Waals surface area contributed by atoms with E-state index < -0.39 is 17.9 Å². The number of benzene rings is 2. The lowest BCUT2D eigenvalue weighted by atomic mass is 10.0. The van der Waals surface area contributed by atoms with Crippen LogP contribution in [0.1, 0.15) is 36.3 Å². The summed E-state index contributed by atoms with van der Waals surface area (Å²) < 4.78 is 5.82. The van der Waals surface area contributed by atoms with Crippen molar-refractivity contribution in [1.29, 1.82) is 0 Å². The predicted molar refractivity (Wildman–Crippen MR) is 114 cm³/mol. The van der Waals surface area contributed by atoms with Crippen molar-refractivity contribution < 1.29 is 19.4 Å². The molecule has 1 amide bonds. The van der Waals surface area contributed by atoms with Crippen LogP contribution in [0.15, 0.2) is 42.5 Å². The fourth-order valence-electron chi connectivity index (χ4n) is 2.92. The maximum absolute atomic E-state index is 12.4. The van der Waals surface area contributed by atoms with Crippen LogP contribution in [0.4, 0.5) is 0 Å². The van der Waals surface area contributed by atoms with Crippen molar-refractivity contribution in [2.75, 3.05) is 0 Å². The van der Waals surface area contributed by atoms with Gasteiger partial charge in [-0.25, -0.2) is 14.8 Å². The lowest BCUT2D eigenvalue weighted by Crippen LogP contribution is -2.41. The molecule has 0 saturated heterocycles. The monoisotopic (exact) mass is 427 g/mol. The van der Waals surface area contributed by atoms with Crippen LogP contribution in [0.3, 0.4) is 0 Å². The minimum absolute atomic E-state index is 0.142. The zero-order chi connectivity index (χ0) is 21.8. The Labute approximate surface area is 179 Å². The van der Waals surface area contributed by atoms with Gasteiger partial charge in [0.05, 0.1) is 11.0 Å². The number of carbonyl (C=O) groups excluding carboxylic acids is 1. The Hall–Kier alpha value is -3.19. The first-order chi connectivity index (χ1) is 14.2. The molecule has 2 N–H and O–H groups in total. The molecule has 7 nitrogen and oxygen atoms in total. The number of amides is 1. The Morgan fingerprint density at radius 3 is 2.43 bits per heavy atom. The molecule has 0 fully saturated rings. The van der Waals surface area contributed by atoms with Gasteiger partial charge in [-0.15, -0.1) is 0 Å². The second-order valence-corrected chi connectivity index (χ2v) is 7.80. The number of ether oxygens (including phenoxy) is 1. The number of carboxylic acid groups (broad SMARTS) is 1. The number of aryl methyl sites for hydroxylation is 1. The number of nitrogens with zero attached hydrogens (tertiary/aromatic N) is 2. The van der Waals surface area contributed by atoms with Crippen molar-refractivity contribution in [3.63, 3.8) is 0 Å². The molecule has 8 heteroatoms. The normalized spacial score (nSPS) is 12.0. The highest BCUT2D eigenvalue weighted by Gasteiger charge is 2.21. The van der Waals surface area contributed by atoms with E-state index >= 15 is 0 Å². The van der Waals surface area contributed by atoms with Gasteiger partial charge in [-0.1, -0.05) is 25.4 Å². The van der Waals surface area contributed by atoms with Crippen LogP contribution in [-0.2, 0) is 4.79 Å². The van der Waals surface area contributed by atoms with Crippen LogP contribution in [0.2, 0.25) is 5.02 Å². The molecule has 0 bridgehead atoms. The number of halogens is 1. The van der Waals surface area contributed by atoms with Gasteiger partial charge in [-0.05, 0) is 61.7 Å². The highest BCUT2D eigenvalue weighted by atomic mass is 35.5. The molecule has 30 heavy (non-hydrogen) atoms. The molecule has 0 saturated carbocycles. The van der Waals surface area contributed by atoms with E-state index in [-0.39, 0.29) is 5.92 Å². The summed E-state index contributed by atoms with van der Waals surface area (Å²) in [5.41, 5.74) is 2.28. The third kappa shape index (κ3) is 5.24. The second kappa shape index (κ2) is 9.09. The molecule has 3 rings (SSSR count). The maximum Gasteiger partial charge on any atom is 0.326 e. The average Bonchev–Trinajstić information content (AvgIpc) is 2.68. The molecule has 0 spiro atoms. The van der Waals surface area contributed by atoms with Gasteiger partial charge in [0.15, 0.2) is 0 Å². The number of carbonyl (C=O) groups is 2. The molecule has 3 aromatic rings. The molecular weight excluding hydrogens is 406 g/mol. The van der Waals surface area contributed by atoms with Gasteiger partial charge in [0.25, 0.3) is 5.91 Å². The summed E-state index contributed by atoms with van der Waals surface area (Å²) >= 11 is 6.02. The third-order valence-corrected chi connectivity index (χ3v) is 4.63. The van der Waals surface area contributed by atoms with E-state index in [1.807, 2.05) is 13.8 Å². The first-order valence-electron chi connectivity index (χ1n) is 9.48. The summed E-state index contributed by atoms with van der Waals surface area (Å²) in [4.78, 5) is 32.7. The topological polar surface area (TPSA) is 101 Å². The molecule has 0 unspecified atom stereocenters. The van der Waals surface area contributed by atoms with Crippen LogP contribution in [0.25, 0.3) is 11.0 Å². The van der Waals surface area contributed by atoms with E-state index in [4.69, 9.17) is 16.3 Å². The summed E-state index contributed by atoms with van der Waals surface area (Å²) in [5.74, 6) is -0.552. The van der Waals surface area contributed by atoms with Crippen LogP contribution < -0.4 is 10.1 Å². The lowest BCUT2D eigenvalue weighted by molar-refractivity contribution is -0.139. The van der Waals surface area contributed by atoms with Crippen LogP contribution in [0, 0.1) is 12.8 Å². The van der Waals surface area contributed by atoms with Gasteiger partial charge in [-0.2, -0.15) is 0 Å². The predicted octanol–water partition coefficient (Wildman–Crippen LogP) is 4.61.